The zero-order valence-electron chi connectivity index (χ0n) is 15.3. The van der Waals surface area contributed by atoms with Gasteiger partial charge < -0.3 is 17.6 Å². The van der Waals surface area contributed by atoms with Crippen molar-refractivity contribution in [2.24, 2.45) is 0 Å². The molecule has 2 aliphatic rings. The number of halogens is 2. The fourth-order valence-electron chi connectivity index (χ4n) is 4.41. The number of rotatable bonds is 1. The first kappa shape index (κ1) is 16.6. The summed E-state index contributed by atoms with van der Waals surface area (Å²) in [5, 5.41) is 0. The second kappa shape index (κ2) is 5.31. The standard InChI is InChI=1S/C21H19BF2N2/c1-6-18-15(4)21-19(17-10-8-7-9-11-17)20-13(2)12-14(3)25(20)22(23,24)26(21)16(18)5/h1,7-12H,2-5H3. The molecule has 2 aliphatic heterocycles. The van der Waals surface area contributed by atoms with Gasteiger partial charge in [0, 0.05) is 18.2 Å². The van der Waals surface area contributed by atoms with Crippen LogP contribution in [0.3, 0.4) is 0 Å². The molecule has 0 saturated carbocycles. The third-order valence-electron chi connectivity index (χ3n) is 5.42. The molecule has 3 heterocycles. The summed E-state index contributed by atoms with van der Waals surface area (Å²) in [6.07, 6.45) is 5.66. The SMILES string of the molecule is C#CC1=C(C)C2=C(c3ccccc3)c3c(C)cc(C)n3[B-](F)(F)[N+]2=C1C. The summed E-state index contributed by atoms with van der Waals surface area (Å²) in [4.78, 5) is 0. The first-order chi connectivity index (χ1) is 12.3. The van der Waals surface area contributed by atoms with Gasteiger partial charge in [0.1, 0.15) is 5.71 Å². The zero-order chi connectivity index (χ0) is 18.8. The molecule has 0 atom stereocenters. The van der Waals surface area contributed by atoms with Crippen molar-refractivity contribution in [3.05, 3.63) is 75.8 Å². The first-order valence-electron chi connectivity index (χ1n) is 8.62. The van der Waals surface area contributed by atoms with Crippen LogP contribution in [0.2, 0.25) is 0 Å². The predicted molar refractivity (Wildman–Crippen MR) is 102 cm³/mol. The van der Waals surface area contributed by atoms with Gasteiger partial charge >= 0.3 is 6.97 Å². The molecule has 0 N–H and O–H groups in total. The van der Waals surface area contributed by atoms with Gasteiger partial charge in [-0.3, -0.25) is 0 Å². The highest BCUT2D eigenvalue weighted by atomic mass is 19.2. The van der Waals surface area contributed by atoms with Crippen molar-refractivity contribution >= 4 is 18.3 Å². The summed E-state index contributed by atoms with van der Waals surface area (Å²) in [7, 11) is 0. The number of fused-ring (bicyclic) bond motifs is 2. The van der Waals surface area contributed by atoms with Gasteiger partial charge in [-0.25, -0.2) is 0 Å². The molecule has 5 heteroatoms. The average molecular weight is 348 g/mol. The van der Waals surface area contributed by atoms with Crippen molar-refractivity contribution in [3.63, 3.8) is 0 Å². The lowest BCUT2D eigenvalue weighted by molar-refractivity contribution is -0.363. The quantitative estimate of drug-likeness (QED) is 0.528. The van der Waals surface area contributed by atoms with Crippen molar-refractivity contribution in [3.8, 4) is 12.3 Å². The van der Waals surface area contributed by atoms with Gasteiger partial charge in [-0.15, -0.1) is 6.42 Å². The molecule has 0 unspecified atom stereocenters. The van der Waals surface area contributed by atoms with Crippen molar-refractivity contribution in [1.29, 1.82) is 0 Å². The van der Waals surface area contributed by atoms with E-state index in [-0.39, 0.29) is 0 Å². The Bertz CT molecular complexity index is 1090. The zero-order valence-corrected chi connectivity index (χ0v) is 15.3. The van der Waals surface area contributed by atoms with E-state index < -0.39 is 6.97 Å². The molecule has 0 fully saturated rings. The Hall–Kier alpha value is -2.87. The molecule has 0 bridgehead atoms. The Kier molecular flexibility index (Phi) is 3.39. The van der Waals surface area contributed by atoms with Crippen LogP contribution >= 0.6 is 0 Å². The smallest absolute Gasteiger partial charge is 0.393 e. The van der Waals surface area contributed by atoms with E-state index in [1.54, 1.807) is 13.8 Å². The summed E-state index contributed by atoms with van der Waals surface area (Å²) in [5.74, 6) is 2.61. The highest BCUT2D eigenvalue weighted by Crippen LogP contribution is 2.45. The fourth-order valence-corrected chi connectivity index (χ4v) is 4.41. The summed E-state index contributed by atoms with van der Waals surface area (Å²) in [6, 6.07) is 11.5. The van der Waals surface area contributed by atoms with Crippen LogP contribution in [0.5, 0.6) is 0 Å². The van der Waals surface area contributed by atoms with E-state index in [0.29, 0.717) is 28.4 Å². The molecule has 26 heavy (non-hydrogen) atoms. The van der Waals surface area contributed by atoms with E-state index in [1.807, 2.05) is 50.2 Å². The minimum atomic E-state index is -4.01. The minimum absolute atomic E-state index is 0.440. The lowest BCUT2D eigenvalue weighted by atomic mass is 9.84. The predicted octanol–water partition coefficient (Wildman–Crippen LogP) is 4.54. The maximum absolute atomic E-state index is 15.7. The molecule has 2 nitrogen and oxygen atoms in total. The topological polar surface area (TPSA) is 7.94 Å². The molecule has 4 rings (SSSR count). The molecule has 0 amide bonds. The molecular formula is C21H19BF2N2. The van der Waals surface area contributed by atoms with Crippen LogP contribution in [-0.2, 0) is 0 Å². The van der Waals surface area contributed by atoms with E-state index in [4.69, 9.17) is 6.42 Å². The van der Waals surface area contributed by atoms with E-state index in [0.717, 1.165) is 26.8 Å². The largest absolute Gasteiger partial charge is 0.737 e. The number of allylic oxidation sites excluding steroid dienone is 2. The molecule has 0 saturated heterocycles. The molecular weight excluding hydrogens is 329 g/mol. The van der Waals surface area contributed by atoms with Gasteiger partial charge in [0.25, 0.3) is 0 Å². The number of aryl methyl sites for hydroxylation is 2. The van der Waals surface area contributed by atoms with Crippen LogP contribution in [0.25, 0.3) is 5.57 Å². The number of terminal acetylenes is 1. The number of hydrogen-bond donors (Lipinski definition) is 0. The fraction of sp³-hybridized carbons (Fsp3) is 0.190. The lowest BCUT2D eigenvalue weighted by Crippen LogP contribution is -2.51. The Balaban J connectivity index is 2.24. The molecule has 1 aromatic carbocycles. The monoisotopic (exact) mass is 348 g/mol. The van der Waals surface area contributed by atoms with Gasteiger partial charge in [-0.1, -0.05) is 36.3 Å². The molecule has 1 aromatic heterocycles. The summed E-state index contributed by atoms with van der Waals surface area (Å²) < 4.78 is 33.7. The van der Waals surface area contributed by atoms with Gasteiger partial charge in [-0.05, 0) is 43.7 Å². The summed E-state index contributed by atoms with van der Waals surface area (Å²) in [6.45, 7) is 3.12. The summed E-state index contributed by atoms with van der Waals surface area (Å²) >= 11 is 0. The van der Waals surface area contributed by atoms with E-state index in [2.05, 4.69) is 5.92 Å². The van der Waals surface area contributed by atoms with E-state index >= 15 is 8.63 Å². The van der Waals surface area contributed by atoms with Gasteiger partial charge in [0.05, 0.1) is 11.1 Å². The van der Waals surface area contributed by atoms with E-state index in [1.165, 1.54) is 4.48 Å². The highest BCUT2D eigenvalue weighted by molar-refractivity contribution is 6.58. The van der Waals surface area contributed by atoms with Crippen molar-refractivity contribution < 1.29 is 13.1 Å². The number of benzene rings is 1. The molecule has 2 aromatic rings. The Morgan fingerprint density at radius 1 is 1.08 bits per heavy atom. The minimum Gasteiger partial charge on any atom is -0.393 e. The van der Waals surface area contributed by atoms with Crippen LogP contribution in [0.15, 0.2) is 53.2 Å². The average Bonchev–Trinajstić information content (AvgIpc) is 3.04. The maximum Gasteiger partial charge on any atom is 0.737 e. The van der Waals surface area contributed by atoms with Crippen molar-refractivity contribution in [2.45, 2.75) is 27.7 Å². The normalized spacial score (nSPS) is 18.2. The van der Waals surface area contributed by atoms with E-state index in [9.17, 15) is 0 Å². The molecule has 0 radical (unpaired) electrons. The Morgan fingerprint density at radius 2 is 1.73 bits per heavy atom. The van der Waals surface area contributed by atoms with Crippen LogP contribution in [0.1, 0.15) is 36.4 Å². The van der Waals surface area contributed by atoms with Crippen LogP contribution < -0.4 is 0 Å². The summed E-state index contributed by atoms with van der Waals surface area (Å²) in [5.41, 5.74) is 5.94. The number of hydrogen-bond acceptors (Lipinski definition) is 0. The Labute approximate surface area is 152 Å². The number of nitrogens with zero attached hydrogens (tertiary/aromatic N) is 2. The Morgan fingerprint density at radius 3 is 2.35 bits per heavy atom. The second-order valence-corrected chi connectivity index (χ2v) is 6.97. The second-order valence-electron chi connectivity index (χ2n) is 6.97. The van der Waals surface area contributed by atoms with Crippen molar-refractivity contribution in [1.82, 2.24) is 4.48 Å². The van der Waals surface area contributed by atoms with Gasteiger partial charge in [-0.2, -0.15) is 0 Å². The number of aromatic nitrogens is 1. The van der Waals surface area contributed by atoms with Gasteiger partial charge in [0.15, 0.2) is 5.70 Å². The molecule has 130 valence electrons. The van der Waals surface area contributed by atoms with Gasteiger partial charge in [0.2, 0.25) is 0 Å². The highest BCUT2D eigenvalue weighted by Gasteiger charge is 2.56. The van der Waals surface area contributed by atoms with Crippen LogP contribution in [0.4, 0.5) is 8.63 Å². The van der Waals surface area contributed by atoms with Crippen LogP contribution in [-0.4, -0.2) is 21.6 Å². The molecule has 0 spiro atoms. The third kappa shape index (κ3) is 1.90. The van der Waals surface area contributed by atoms with Crippen molar-refractivity contribution in [2.75, 3.05) is 0 Å². The first-order valence-corrected chi connectivity index (χ1v) is 8.62. The lowest BCUT2D eigenvalue weighted by Gasteiger charge is -2.34. The third-order valence-corrected chi connectivity index (χ3v) is 5.42. The maximum atomic E-state index is 15.7. The molecule has 0 aliphatic carbocycles. The van der Waals surface area contributed by atoms with Crippen LogP contribution in [0, 0.1) is 26.2 Å².